The van der Waals surface area contributed by atoms with Crippen molar-refractivity contribution in [2.75, 3.05) is 30.3 Å². The Bertz CT molecular complexity index is 881. The van der Waals surface area contributed by atoms with Crippen LogP contribution in [0.2, 0.25) is 0 Å². The molecule has 2 aromatic rings. The van der Waals surface area contributed by atoms with Gasteiger partial charge in [0.1, 0.15) is 5.82 Å². The van der Waals surface area contributed by atoms with E-state index < -0.39 is 17.6 Å². The Balaban J connectivity index is 1.39. The van der Waals surface area contributed by atoms with Crippen LogP contribution in [-0.4, -0.2) is 43.6 Å². The molecule has 4 amide bonds. The van der Waals surface area contributed by atoms with Crippen molar-refractivity contribution in [1.82, 2.24) is 10.6 Å². The van der Waals surface area contributed by atoms with Crippen molar-refractivity contribution in [3.63, 3.8) is 0 Å². The molecule has 0 bridgehead atoms. The van der Waals surface area contributed by atoms with E-state index in [1.807, 2.05) is 0 Å². The molecule has 1 saturated heterocycles. The largest absolute Gasteiger partial charge is 0.376 e. The summed E-state index contributed by atoms with van der Waals surface area (Å²) >= 11 is 0. The van der Waals surface area contributed by atoms with Gasteiger partial charge in [-0.1, -0.05) is 0 Å². The summed E-state index contributed by atoms with van der Waals surface area (Å²) < 4.78 is 18.3. The number of hydrogen-bond acceptors (Lipinski definition) is 4. The van der Waals surface area contributed by atoms with Gasteiger partial charge in [0.05, 0.1) is 12.6 Å². The standard InChI is InChI=1S/C21H23FN4O4/c22-15-5-3-14(4-6-15)20(28)23-13-19(27)25-16-7-9-17(10-8-16)26-21(29)24-12-18-2-1-11-30-18/h3-10,18H,1-2,11-13H2,(H,23,28)(H,25,27)(H2,24,26,29). The van der Waals surface area contributed by atoms with Crippen LogP contribution in [0.3, 0.4) is 0 Å². The number of benzene rings is 2. The highest BCUT2D eigenvalue weighted by Crippen LogP contribution is 2.14. The van der Waals surface area contributed by atoms with Crippen LogP contribution in [-0.2, 0) is 9.53 Å². The predicted octanol–water partition coefficient (Wildman–Crippen LogP) is 2.49. The van der Waals surface area contributed by atoms with Crippen molar-refractivity contribution in [3.05, 3.63) is 59.9 Å². The topological polar surface area (TPSA) is 109 Å². The quantitative estimate of drug-likeness (QED) is 0.558. The molecule has 1 aliphatic heterocycles. The molecule has 0 spiro atoms. The first kappa shape index (κ1) is 21.3. The molecule has 8 nitrogen and oxygen atoms in total. The van der Waals surface area contributed by atoms with Gasteiger partial charge >= 0.3 is 6.03 Å². The van der Waals surface area contributed by atoms with Gasteiger partial charge in [-0.3, -0.25) is 9.59 Å². The average Bonchev–Trinajstić information content (AvgIpc) is 3.26. The first-order valence-electron chi connectivity index (χ1n) is 9.60. The Morgan fingerprint density at radius 3 is 2.23 bits per heavy atom. The second kappa shape index (κ2) is 10.4. The van der Waals surface area contributed by atoms with E-state index in [4.69, 9.17) is 4.74 Å². The van der Waals surface area contributed by atoms with E-state index in [1.165, 1.54) is 24.3 Å². The van der Waals surface area contributed by atoms with Crippen molar-refractivity contribution >= 4 is 29.2 Å². The van der Waals surface area contributed by atoms with Gasteiger partial charge in [0.25, 0.3) is 5.91 Å². The van der Waals surface area contributed by atoms with Crippen LogP contribution in [0.5, 0.6) is 0 Å². The first-order chi connectivity index (χ1) is 14.5. The van der Waals surface area contributed by atoms with E-state index in [2.05, 4.69) is 21.3 Å². The van der Waals surface area contributed by atoms with E-state index in [0.29, 0.717) is 17.9 Å². The summed E-state index contributed by atoms with van der Waals surface area (Å²) in [5.74, 6) is -1.33. The van der Waals surface area contributed by atoms with Gasteiger partial charge in [0, 0.05) is 30.1 Å². The summed E-state index contributed by atoms with van der Waals surface area (Å²) in [7, 11) is 0. The minimum Gasteiger partial charge on any atom is -0.376 e. The monoisotopic (exact) mass is 414 g/mol. The first-order valence-corrected chi connectivity index (χ1v) is 9.60. The summed E-state index contributed by atoms with van der Waals surface area (Å²) in [6.45, 7) is 0.961. The number of nitrogens with one attached hydrogen (secondary N) is 4. The van der Waals surface area contributed by atoms with Crippen LogP contribution < -0.4 is 21.3 Å². The molecule has 0 aliphatic carbocycles. The minimum absolute atomic E-state index is 0.0666. The number of urea groups is 1. The molecule has 1 fully saturated rings. The van der Waals surface area contributed by atoms with Gasteiger partial charge in [-0.25, -0.2) is 9.18 Å². The Hall–Kier alpha value is -3.46. The van der Waals surface area contributed by atoms with E-state index in [-0.39, 0.29) is 24.2 Å². The van der Waals surface area contributed by atoms with Crippen molar-refractivity contribution in [2.45, 2.75) is 18.9 Å². The zero-order valence-corrected chi connectivity index (χ0v) is 16.2. The summed E-state index contributed by atoms with van der Waals surface area (Å²) in [5.41, 5.74) is 1.35. The highest BCUT2D eigenvalue weighted by Gasteiger charge is 2.16. The van der Waals surface area contributed by atoms with Gasteiger partial charge in [0.15, 0.2) is 0 Å². The number of carbonyl (C=O) groups excluding carboxylic acids is 3. The van der Waals surface area contributed by atoms with E-state index in [9.17, 15) is 18.8 Å². The molecule has 0 radical (unpaired) electrons. The van der Waals surface area contributed by atoms with Gasteiger partial charge in [-0.15, -0.1) is 0 Å². The number of amides is 4. The Kier molecular flexibility index (Phi) is 7.34. The molecule has 158 valence electrons. The van der Waals surface area contributed by atoms with Crippen LogP contribution in [0.1, 0.15) is 23.2 Å². The molecule has 1 aliphatic rings. The molecule has 1 atom stereocenters. The lowest BCUT2D eigenvalue weighted by atomic mass is 10.2. The second-order valence-electron chi connectivity index (χ2n) is 6.79. The predicted molar refractivity (Wildman–Crippen MR) is 110 cm³/mol. The van der Waals surface area contributed by atoms with E-state index in [1.54, 1.807) is 24.3 Å². The Labute approximate surface area is 173 Å². The molecule has 3 rings (SSSR count). The molecule has 1 unspecified atom stereocenters. The maximum Gasteiger partial charge on any atom is 0.319 e. The molecule has 30 heavy (non-hydrogen) atoms. The molecule has 1 heterocycles. The third-order valence-corrected chi connectivity index (χ3v) is 4.46. The lowest BCUT2D eigenvalue weighted by molar-refractivity contribution is -0.115. The SMILES string of the molecule is O=C(CNC(=O)c1ccc(F)cc1)Nc1ccc(NC(=O)NCC2CCCO2)cc1. The lowest BCUT2D eigenvalue weighted by Gasteiger charge is -2.12. The highest BCUT2D eigenvalue weighted by atomic mass is 19.1. The minimum atomic E-state index is -0.473. The van der Waals surface area contributed by atoms with Crippen LogP contribution >= 0.6 is 0 Å². The summed E-state index contributed by atoms with van der Waals surface area (Å²) in [5, 5.41) is 10.6. The number of rotatable bonds is 7. The maximum absolute atomic E-state index is 12.9. The Morgan fingerprint density at radius 2 is 1.60 bits per heavy atom. The van der Waals surface area contributed by atoms with Crippen molar-refractivity contribution in [2.24, 2.45) is 0 Å². The van der Waals surface area contributed by atoms with Crippen LogP contribution in [0.15, 0.2) is 48.5 Å². The van der Waals surface area contributed by atoms with Crippen molar-refractivity contribution < 1.29 is 23.5 Å². The molecule has 0 aromatic heterocycles. The number of halogens is 1. The number of carbonyl (C=O) groups is 3. The fourth-order valence-electron chi connectivity index (χ4n) is 2.89. The Morgan fingerprint density at radius 1 is 0.933 bits per heavy atom. The molecule has 9 heteroatoms. The lowest BCUT2D eigenvalue weighted by Crippen LogP contribution is -2.35. The zero-order valence-electron chi connectivity index (χ0n) is 16.2. The molecular formula is C21H23FN4O4. The third kappa shape index (κ3) is 6.56. The second-order valence-corrected chi connectivity index (χ2v) is 6.79. The average molecular weight is 414 g/mol. The number of ether oxygens (including phenoxy) is 1. The molecule has 0 saturated carbocycles. The van der Waals surface area contributed by atoms with Crippen molar-refractivity contribution in [3.8, 4) is 0 Å². The van der Waals surface area contributed by atoms with Gasteiger partial charge in [0.2, 0.25) is 5.91 Å². The van der Waals surface area contributed by atoms with Gasteiger partial charge in [-0.2, -0.15) is 0 Å². The highest BCUT2D eigenvalue weighted by molar-refractivity contribution is 5.99. The fraction of sp³-hybridized carbons (Fsp3) is 0.286. The summed E-state index contributed by atoms with van der Waals surface area (Å²) in [6.07, 6.45) is 2.02. The zero-order chi connectivity index (χ0) is 21.3. The van der Waals surface area contributed by atoms with Crippen molar-refractivity contribution in [1.29, 1.82) is 0 Å². The van der Waals surface area contributed by atoms with E-state index in [0.717, 1.165) is 19.4 Å². The maximum atomic E-state index is 12.9. The third-order valence-electron chi connectivity index (χ3n) is 4.46. The fourth-order valence-corrected chi connectivity index (χ4v) is 2.89. The van der Waals surface area contributed by atoms with Gasteiger partial charge < -0.3 is 26.0 Å². The molecule has 2 aromatic carbocycles. The molecule has 4 N–H and O–H groups in total. The number of hydrogen-bond donors (Lipinski definition) is 4. The normalized spacial score (nSPS) is 15.3. The van der Waals surface area contributed by atoms with Crippen LogP contribution in [0, 0.1) is 5.82 Å². The van der Waals surface area contributed by atoms with Gasteiger partial charge in [-0.05, 0) is 61.4 Å². The summed E-state index contributed by atoms with van der Waals surface area (Å²) in [4.78, 5) is 35.8. The summed E-state index contributed by atoms with van der Waals surface area (Å²) in [6, 6.07) is 11.3. The van der Waals surface area contributed by atoms with E-state index >= 15 is 0 Å². The van der Waals surface area contributed by atoms with Crippen LogP contribution in [0.25, 0.3) is 0 Å². The number of anilines is 2. The molecular weight excluding hydrogens is 391 g/mol. The smallest absolute Gasteiger partial charge is 0.319 e. The van der Waals surface area contributed by atoms with Crippen LogP contribution in [0.4, 0.5) is 20.6 Å².